The molecule has 0 amide bonds. The summed E-state index contributed by atoms with van der Waals surface area (Å²) >= 11 is 0. The van der Waals surface area contributed by atoms with E-state index in [-0.39, 0.29) is 6.17 Å². The van der Waals surface area contributed by atoms with Crippen LogP contribution in [0.15, 0.2) is 48.5 Å². The second-order valence-electron chi connectivity index (χ2n) is 4.18. The molecule has 6 N–H and O–H groups in total. The van der Waals surface area contributed by atoms with E-state index in [2.05, 4.69) is 10.6 Å². The molecule has 0 fully saturated rings. The number of anilines is 4. The van der Waals surface area contributed by atoms with Crippen LogP contribution in [-0.2, 0) is 0 Å². The Balaban J connectivity index is 2.04. The van der Waals surface area contributed by atoms with Crippen molar-refractivity contribution in [2.45, 2.75) is 13.1 Å². The maximum Gasteiger partial charge on any atom is 0.0935 e. The Kier molecular flexibility index (Phi) is 3.57. The number of nitrogen functional groups attached to an aromatic ring is 2. The summed E-state index contributed by atoms with van der Waals surface area (Å²) in [5.41, 5.74) is 15.0. The van der Waals surface area contributed by atoms with Crippen LogP contribution in [0.25, 0.3) is 0 Å². The van der Waals surface area contributed by atoms with Gasteiger partial charge in [0.2, 0.25) is 0 Å². The Bertz CT molecular complexity index is 477. The number of hydrogen-bond acceptors (Lipinski definition) is 4. The third-order valence-corrected chi connectivity index (χ3v) is 2.67. The van der Waals surface area contributed by atoms with E-state index in [4.69, 9.17) is 11.5 Å². The standard InChI is InChI=1S/C14H18N4/c1-10(17-13-8-4-2-6-11(13)15)18-14-9-5-3-7-12(14)16/h2-10,17-18H,15-16H2,1H3. The van der Waals surface area contributed by atoms with E-state index in [1.165, 1.54) is 0 Å². The minimum Gasteiger partial charge on any atom is -0.397 e. The van der Waals surface area contributed by atoms with Gasteiger partial charge < -0.3 is 22.1 Å². The van der Waals surface area contributed by atoms with Crippen LogP contribution in [0, 0.1) is 0 Å². The van der Waals surface area contributed by atoms with Gasteiger partial charge in [0.15, 0.2) is 0 Å². The molecule has 0 atom stereocenters. The monoisotopic (exact) mass is 242 g/mol. The molecule has 0 aliphatic heterocycles. The van der Waals surface area contributed by atoms with Crippen molar-refractivity contribution in [2.24, 2.45) is 0 Å². The lowest BCUT2D eigenvalue weighted by molar-refractivity contribution is 0.918. The van der Waals surface area contributed by atoms with Crippen molar-refractivity contribution < 1.29 is 0 Å². The van der Waals surface area contributed by atoms with Gasteiger partial charge in [-0.1, -0.05) is 24.3 Å². The third-order valence-electron chi connectivity index (χ3n) is 2.67. The van der Waals surface area contributed by atoms with Crippen LogP contribution in [0.3, 0.4) is 0 Å². The molecule has 0 saturated heterocycles. The maximum absolute atomic E-state index is 5.88. The molecule has 4 heteroatoms. The molecule has 0 heterocycles. The number of rotatable bonds is 4. The van der Waals surface area contributed by atoms with Crippen LogP contribution in [0.5, 0.6) is 0 Å². The SMILES string of the molecule is CC(Nc1ccccc1N)Nc1ccccc1N. The Morgan fingerprint density at radius 2 is 1.17 bits per heavy atom. The molecule has 0 aliphatic carbocycles. The van der Waals surface area contributed by atoms with E-state index in [0.29, 0.717) is 0 Å². The number of nitrogens with one attached hydrogen (secondary N) is 2. The van der Waals surface area contributed by atoms with Crippen LogP contribution >= 0.6 is 0 Å². The summed E-state index contributed by atoms with van der Waals surface area (Å²) < 4.78 is 0. The number of benzene rings is 2. The average molecular weight is 242 g/mol. The predicted molar refractivity (Wildman–Crippen MR) is 78.4 cm³/mol. The zero-order chi connectivity index (χ0) is 13.0. The van der Waals surface area contributed by atoms with Gasteiger partial charge in [-0.3, -0.25) is 0 Å². The van der Waals surface area contributed by atoms with Crippen LogP contribution in [-0.4, -0.2) is 6.17 Å². The predicted octanol–water partition coefficient (Wildman–Crippen LogP) is 2.72. The molecule has 94 valence electrons. The second-order valence-corrected chi connectivity index (χ2v) is 4.18. The number of hydrogen-bond donors (Lipinski definition) is 4. The fourth-order valence-electron chi connectivity index (χ4n) is 1.76. The molecule has 4 nitrogen and oxygen atoms in total. The molecular weight excluding hydrogens is 224 g/mol. The van der Waals surface area contributed by atoms with Crippen molar-refractivity contribution >= 4 is 22.7 Å². The zero-order valence-corrected chi connectivity index (χ0v) is 10.4. The number of nitrogens with two attached hydrogens (primary N) is 2. The second kappa shape index (κ2) is 5.31. The lowest BCUT2D eigenvalue weighted by atomic mass is 10.2. The molecular formula is C14H18N4. The van der Waals surface area contributed by atoms with E-state index < -0.39 is 0 Å². The summed E-state index contributed by atoms with van der Waals surface area (Å²) in [4.78, 5) is 0. The lowest BCUT2D eigenvalue weighted by Gasteiger charge is -2.20. The molecule has 0 aliphatic rings. The van der Waals surface area contributed by atoms with Crippen molar-refractivity contribution in [2.75, 3.05) is 22.1 Å². The van der Waals surface area contributed by atoms with Gasteiger partial charge in [0.1, 0.15) is 0 Å². The highest BCUT2D eigenvalue weighted by Crippen LogP contribution is 2.21. The minimum absolute atomic E-state index is 0.0272. The lowest BCUT2D eigenvalue weighted by Crippen LogP contribution is -2.25. The summed E-state index contributed by atoms with van der Waals surface area (Å²) in [5.74, 6) is 0. The van der Waals surface area contributed by atoms with E-state index in [1.807, 2.05) is 55.5 Å². The highest BCUT2D eigenvalue weighted by atomic mass is 15.1. The molecule has 2 aromatic rings. The van der Waals surface area contributed by atoms with Gasteiger partial charge in [-0.15, -0.1) is 0 Å². The van der Waals surface area contributed by atoms with Gasteiger partial charge in [0.05, 0.1) is 28.9 Å². The Labute approximate surface area is 107 Å². The minimum atomic E-state index is 0.0272. The first-order valence-corrected chi connectivity index (χ1v) is 5.89. The van der Waals surface area contributed by atoms with Gasteiger partial charge in [0, 0.05) is 0 Å². The van der Waals surface area contributed by atoms with Crippen LogP contribution in [0.2, 0.25) is 0 Å². The maximum atomic E-state index is 5.88. The summed E-state index contributed by atoms with van der Waals surface area (Å²) in [6.45, 7) is 2.01. The van der Waals surface area contributed by atoms with E-state index >= 15 is 0 Å². The first kappa shape index (κ1) is 12.1. The van der Waals surface area contributed by atoms with Crippen LogP contribution in [0.1, 0.15) is 6.92 Å². The summed E-state index contributed by atoms with van der Waals surface area (Å²) in [6.07, 6.45) is 0.0272. The van der Waals surface area contributed by atoms with E-state index in [9.17, 15) is 0 Å². The van der Waals surface area contributed by atoms with Crippen molar-refractivity contribution in [3.63, 3.8) is 0 Å². The Morgan fingerprint density at radius 1 is 0.778 bits per heavy atom. The van der Waals surface area contributed by atoms with Gasteiger partial charge in [0.25, 0.3) is 0 Å². The summed E-state index contributed by atoms with van der Waals surface area (Å²) in [7, 11) is 0. The quantitative estimate of drug-likeness (QED) is 0.491. The van der Waals surface area contributed by atoms with Gasteiger partial charge in [-0.05, 0) is 31.2 Å². The Morgan fingerprint density at radius 3 is 1.56 bits per heavy atom. The zero-order valence-electron chi connectivity index (χ0n) is 10.4. The average Bonchev–Trinajstić information content (AvgIpc) is 2.35. The largest absolute Gasteiger partial charge is 0.397 e. The highest BCUT2D eigenvalue weighted by Gasteiger charge is 2.05. The molecule has 2 rings (SSSR count). The molecule has 2 aromatic carbocycles. The van der Waals surface area contributed by atoms with Crippen molar-refractivity contribution in [3.8, 4) is 0 Å². The van der Waals surface area contributed by atoms with Crippen molar-refractivity contribution in [3.05, 3.63) is 48.5 Å². The highest BCUT2D eigenvalue weighted by molar-refractivity contribution is 5.69. The normalized spacial score (nSPS) is 10.3. The molecule has 0 bridgehead atoms. The van der Waals surface area contributed by atoms with E-state index in [1.54, 1.807) is 0 Å². The number of para-hydroxylation sites is 4. The first-order valence-electron chi connectivity index (χ1n) is 5.89. The molecule has 0 unspecified atom stereocenters. The molecule has 0 radical (unpaired) electrons. The third kappa shape index (κ3) is 2.85. The topological polar surface area (TPSA) is 76.1 Å². The van der Waals surface area contributed by atoms with Gasteiger partial charge in [-0.25, -0.2) is 0 Å². The fourth-order valence-corrected chi connectivity index (χ4v) is 1.76. The van der Waals surface area contributed by atoms with Gasteiger partial charge in [-0.2, -0.15) is 0 Å². The fraction of sp³-hybridized carbons (Fsp3) is 0.143. The smallest absolute Gasteiger partial charge is 0.0935 e. The molecule has 0 spiro atoms. The van der Waals surface area contributed by atoms with Crippen LogP contribution in [0.4, 0.5) is 22.7 Å². The van der Waals surface area contributed by atoms with Crippen molar-refractivity contribution in [1.82, 2.24) is 0 Å². The summed E-state index contributed by atoms with van der Waals surface area (Å²) in [5, 5.41) is 6.59. The molecule has 18 heavy (non-hydrogen) atoms. The Hall–Kier alpha value is -2.36. The molecule has 0 aromatic heterocycles. The molecule has 0 saturated carbocycles. The van der Waals surface area contributed by atoms with Crippen molar-refractivity contribution in [1.29, 1.82) is 0 Å². The van der Waals surface area contributed by atoms with E-state index in [0.717, 1.165) is 22.7 Å². The van der Waals surface area contributed by atoms with Gasteiger partial charge >= 0.3 is 0 Å². The van der Waals surface area contributed by atoms with Crippen LogP contribution < -0.4 is 22.1 Å². The summed E-state index contributed by atoms with van der Waals surface area (Å²) in [6, 6.07) is 15.3. The first-order chi connectivity index (χ1) is 8.66.